The highest BCUT2D eigenvalue weighted by Crippen LogP contribution is 2.13. The number of nitrogens with one attached hydrogen (secondary N) is 3. The number of hydrogen-bond donors (Lipinski definition) is 3. The monoisotopic (exact) mass is 711 g/mol. The molecule has 3 N–H and O–H groups in total. The number of benzene rings is 2. The van der Waals surface area contributed by atoms with Crippen LogP contribution < -0.4 is 20.7 Å². The average molecular weight is 712 g/mol. The predicted octanol–water partition coefficient (Wildman–Crippen LogP) is 7.15. The van der Waals surface area contributed by atoms with E-state index in [4.69, 9.17) is 18.9 Å². The highest BCUT2D eigenvalue weighted by Gasteiger charge is 2.22. The molecule has 0 aliphatic rings. The van der Waals surface area contributed by atoms with Gasteiger partial charge in [0.05, 0.1) is 39.6 Å². The first kappa shape index (κ1) is 43.7. The van der Waals surface area contributed by atoms with Gasteiger partial charge in [0.25, 0.3) is 5.91 Å². The molecule has 0 aromatic heterocycles. The first-order valence-electron chi connectivity index (χ1n) is 19.4. The van der Waals surface area contributed by atoms with Crippen molar-refractivity contribution in [3.05, 3.63) is 65.7 Å². The van der Waals surface area contributed by atoms with E-state index in [1.807, 2.05) is 30.3 Å². The molecule has 51 heavy (non-hydrogen) atoms. The minimum atomic E-state index is -0.809. The maximum absolute atomic E-state index is 13.1. The molecule has 0 saturated carbocycles. The Balaban J connectivity index is 1.69. The van der Waals surface area contributed by atoms with Gasteiger partial charge < -0.3 is 34.9 Å². The largest absolute Gasteiger partial charge is 0.491 e. The lowest BCUT2D eigenvalue weighted by atomic mass is 10.1. The molecule has 0 aliphatic carbocycles. The SMILES string of the molecule is CCCCCCCCNC(=O)CCC(NC(=O)c1ccc(OCCOCCOCCOCc2ccccc2)cc1)C(=O)NCCCCCCCC. The number of rotatable bonds is 32. The second-order valence-corrected chi connectivity index (χ2v) is 12.9. The van der Waals surface area contributed by atoms with Gasteiger partial charge in [0.2, 0.25) is 11.8 Å². The van der Waals surface area contributed by atoms with Crippen LogP contribution in [0.3, 0.4) is 0 Å². The van der Waals surface area contributed by atoms with Crippen molar-refractivity contribution < 1.29 is 33.3 Å². The molecule has 1 atom stereocenters. The summed E-state index contributed by atoms with van der Waals surface area (Å²) in [7, 11) is 0. The fourth-order valence-corrected chi connectivity index (χ4v) is 5.37. The summed E-state index contributed by atoms with van der Waals surface area (Å²) >= 11 is 0. The van der Waals surface area contributed by atoms with Crippen molar-refractivity contribution in [2.24, 2.45) is 0 Å². The van der Waals surface area contributed by atoms with Crippen molar-refractivity contribution in [3.8, 4) is 5.75 Å². The topological polar surface area (TPSA) is 124 Å². The molecule has 0 heterocycles. The minimum absolute atomic E-state index is 0.103. The number of unbranched alkanes of at least 4 members (excludes halogenated alkanes) is 10. The van der Waals surface area contributed by atoms with E-state index in [2.05, 4.69) is 29.8 Å². The molecule has 2 rings (SSSR count). The van der Waals surface area contributed by atoms with Gasteiger partial charge in [0, 0.05) is 25.1 Å². The first-order valence-corrected chi connectivity index (χ1v) is 19.4. The van der Waals surface area contributed by atoms with Crippen molar-refractivity contribution in [2.45, 2.75) is 116 Å². The Morgan fingerprint density at radius 3 is 1.78 bits per heavy atom. The van der Waals surface area contributed by atoms with Crippen LogP contribution in [0.15, 0.2) is 54.6 Å². The molecule has 0 fully saturated rings. The lowest BCUT2D eigenvalue weighted by molar-refractivity contribution is -0.124. The van der Waals surface area contributed by atoms with E-state index < -0.39 is 6.04 Å². The summed E-state index contributed by atoms with van der Waals surface area (Å²) in [5.41, 5.74) is 1.54. The third-order valence-electron chi connectivity index (χ3n) is 8.43. The van der Waals surface area contributed by atoms with Crippen molar-refractivity contribution in [1.82, 2.24) is 16.0 Å². The maximum atomic E-state index is 13.1. The van der Waals surface area contributed by atoms with E-state index in [-0.39, 0.29) is 30.6 Å². The summed E-state index contributed by atoms with van der Waals surface area (Å²) in [4.78, 5) is 38.8. The van der Waals surface area contributed by atoms with Gasteiger partial charge >= 0.3 is 0 Å². The lowest BCUT2D eigenvalue weighted by Gasteiger charge is -2.19. The second-order valence-electron chi connectivity index (χ2n) is 12.9. The fraction of sp³-hybridized carbons (Fsp3) is 0.634. The van der Waals surface area contributed by atoms with Crippen molar-refractivity contribution in [2.75, 3.05) is 52.7 Å². The molecular weight excluding hydrogens is 646 g/mol. The molecule has 3 amide bonds. The van der Waals surface area contributed by atoms with Crippen molar-refractivity contribution in [3.63, 3.8) is 0 Å². The Bertz CT molecular complexity index is 1160. The Morgan fingerprint density at radius 1 is 0.608 bits per heavy atom. The molecule has 0 radical (unpaired) electrons. The zero-order valence-electron chi connectivity index (χ0n) is 31.4. The Hall–Kier alpha value is -3.47. The number of amides is 3. The number of hydrogen-bond acceptors (Lipinski definition) is 7. The van der Waals surface area contributed by atoms with Gasteiger partial charge in [-0.1, -0.05) is 108 Å². The Labute approximate surface area is 307 Å². The number of carbonyl (C=O) groups excluding carboxylic acids is 3. The molecule has 10 nitrogen and oxygen atoms in total. The summed E-state index contributed by atoms with van der Waals surface area (Å²) < 4.78 is 22.5. The Kier molecular flexibility index (Phi) is 25.9. The van der Waals surface area contributed by atoms with Crippen LogP contribution in [-0.2, 0) is 30.4 Å². The van der Waals surface area contributed by atoms with Crippen molar-refractivity contribution >= 4 is 17.7 Å². The molecule has 0 bridgehead atoms. The van der Waals surface area contributed by atoms with Crippen LogP contribution in [0.1, 0.15) is 120 Å². The Morgan fingerprint density at radius 2 is 1.16 bits per heavy atom. The predicted molar refractivity (Wildman–Crippen MR) is 203 cm³/mol. The van der Waals surface area contributed by atoms with E-state index >= 15 is 0 Å². The summed E-state index contributed by atoms with van der Waals surface area (Å²) in [6.07, 6.45) is 14.0. The normalized spacial score (nSPS) is 11.6. The van der Waals surface area contributed by atoms with Gasteiger partial charge in [-0.15, -0.1) is 0 Å². The van der Waals surface area contributed by atoms with Crippen LogP contribution in [0.2, 0.25) is 0 Å². The molecule has 0 spiro atoms. The average Bonchev–Trinajstić information content (AvgIpc) is 3.15. The standard InChI is InChI=1S/C41H65N3O7/c1-3-5-7-9-11-16-26-42-39(45)25-24-38(41(47)43-27-17-12-10-8-6-4-2)44-40(46)36-20-22-37(23-21-36)51-33-32-49-29-28-48-30-31-50-34-35-18-14-13-15-19-35/h13-15,18-23,38H,3-12,16-17,24-34H2,1-2H3,(H,42,45)(H,43,47)(H,44,46). The van der Waals surface area contributed by atoms with E-state index in [9.17, 15) is 14.4 Å². The highest BCUT2D eigenvalue weighted by molar-refractivity contribution is 5.97. The molecule has 2 aromatic rings. The van der Waals surface area contributed by atoms with Crippen LogP contribution >= 0.6 is 0 Å². The minimum Gasteiger partial charge on any atom is -0.491 e. The van der Waals surface area contributed by atoms with E-state index in [0.717, 1.165) is 37.7 Å². The molecular formula is C41H65N3O7. The van der Waals surface area contributed by atoms with E-state index in [0.29, 0.717) is 70.7 Å². The fourth-order valence-electron chi connectivity index (χ4n) is 5.37. The van der Waals surface area contributed by atoms with Crippen LogP contribution in [0.4, 0.5) is 0 Å². The van der Waals surface area contributed by atoms with Crippen molar-refractivity contribution in [1.29, 1.82) is 0 Å². The second kappa shape index (κ2) is 30.2. The molecule has 0 aliphatic heterocycles. The molecule has 1 unspecified atom stereocenters. The zero-order chi connectivity index (χ0) is 36.6. The number of ether oxygens (including phenoxy) is 4. The van der Waals surface area contributed by atoms with Crippen LogP contribution in [0, 0.1) is 0 Å². The third-order valence-corrected chi connectivity index (χ3v) is 8.43. The first-order chi connectivity index (χ1) is 25.0. The quantitative estimate of drug-likeness (QED) is 0.0689. The zero-order valence-corrected chi connectivity index (χ0v) is 31.4. The molecule has 2 aromatic carbocycles. The summed E-state index contributed by atoms with van der Waals surface area (Å²) in [5.74, 6) is -0.129. The van der Waals surface area contributed by atoms with Gasteiger partial charge in [-0.2, -0.15) is 0 Å². The van der Waals surface area contributed by atoms with Gasteiger partial charge in [0.15, 0.2) is 0 Å². The van der Waals surface area contributed by atoms with Gasteiger partial charge in [0.1, 0.15) is 18.4 Å². The molecule has 0 saturated heterocycles. The third kappa shape index (κ3) is 22.9. The van der Waals surface area contributed by atoms with E-state index in [1.165, 1.54) is 44.9 Å². The van der Waals surface area contributed by atoms with Gasteiger partial charge in [-0.3, -0.25) is 14.4 Å². The summed E-state index contributed by atoms with van der Waals surface area (Å²) in [6.45, 7) is 8.85. The molecule has 10 heteroatoms. The van der Waals surface area contributed by atoms with Crippen LogP contribution in [0.5, 0.6) is 5.75 Å². The lowest BCUT2D eigenvalue weighted by Crippen LogP contribution is -2.47. The summed E-state index contributed by atoms with van der Waals surface area (Å²) in [6, 6.07) is 16.0. The number of carbonyl (C=O) groups is 3. The summed E-state index contributed by atoms with van der Waals surface area (Å²) in [5, 5.41) is 8.79. The maximum Gasteiger partial charge on any atom is 0.251 e. The smallest absolute Gasteiger partial charge is 0.251 e. The van der Waals surface area contributed by atoms with Crippen LogP contribution in [0.25, 0.3) is 0 Å². The highest BCUT2D eigenvalue weighted by atomic mass is 16.6. The van der Waals surface area contributed by atoms with Crippen LogP contribution in [-0.4, -0.2) is 76.5 Å². The van der Waals surface area contributed by atoms with E-state index in [1.54, 1.807) is 24.3 Å². The molecule has 286 valence electrons. The van der Waals surface area contributed by atoms with Gasteiger partial charge in [-0.25, -0.2) is 0 Å². The van der Waals surface area contributed by atoms with Gasteiger partial charge in [-0.05, 0) is 49.1 Å².